The maximum atomic E-state index is 6.10. The summed E-state index contributed by atoms with van der Waals surface area (Å²) >= 11 is 0. The van der Waals surface area contributed by atoms with Crippen LogP contribution in [0.3, 0.4) is 0 Å². The number of ether oxygens (including phenoxy) is 1. The monoisotopic (exact) mass is 199 g/mol. The van der Waals surface area contributed by atoms with Gasteiger partial charge in [0.05, 0.1) is 6.10 Å². The Morgan fingerprint density at radius 2 is 2.29 bits per heavy atom. The molecule has 1 aliphatic heterocycles. The second-order valence-corrected chi connectivity index (χ2v) is 4.76. The van der Waals surface area contributed by atoms with Crippen LogP contribution in [0.5, 0.6) is 0 Å². The van der Waals surface area contributed by atoms with Crippen molar-refractivity contribution < 1.29 is 4.74 Å². The van der Waals surface area contributed by atoms with Gasteiger partial charge in [-0.25, -0.2) is 0 Å². The minimum atomic E-state index is 0.347. The SMILES string of the molecule is CCCC(C)CC(N)CC1CCCO1. The molecule has 3 atom stereocenters. The Morgan fingerprint density at radius 1 is 1.50 bits per heavy atom. The zero-order chi connectivity index (χ0) is 10.4. The van der Waals surface area contributed by atoms with E-state index in [2.05, 4.69) is 13.8 Å². The summed E-state index contributed by atoms with van der Waals surface area (Å²) in [5.41, 5.74) is 6.10. The third kappa shape index (κ3) is 4.43. The Hall–Kier alpha value is -0.0800. The molecular weight excluding hydrogens is 174 g/mol. The van der Waals surface area contributed by atoms with Crippen LogP contribution in [-0.4, -0.2) is 18.8 Å². The maximum absolute atomic E-state index is 6.10. The number of hydrogen-bond donors (Lipinski definition) is 1. The Labute approximate surface area is 88.2 Å². The Morgan fingerprint density at radius 3 is 2.86 bits per heavy atom. The van der Waals surface area contributed by atoms with Gasteiger partial charge in [0.2, 0.25) is 0 Å². The largest absolute Gasteiger partial charge is 0.378 e. The van der Waals surface area contributed by atoms with E-state index >= 15 is 0 Å². The molecule has 0 radical (unpaired) electrons. The van der Waals surface area contributed by atoms with Crippen LogP contribution >= 0.6 is 0 Å². The van der Waals surface area contributed by atoms with Crippen molar-refractivity contribution in [1.29, 1.82) is 0 Å². The third-order valence-corrected chi connectivity index (χ3v) is 3.08. The van der Waals surface area contributed by atoms with Gasteiger partial charge in [-0.05, 0) is 31.6 Å². The molecule has 1 rings (SSSR count). The fraction of sp³-hybridized carbons (Fsp3) is 1.00. The first kappa shape index (κ1) is 12.0. The molecule has 1 heterocycles. The molecular formula is C12H25NO. The lowest BCUT2D eigenvalue weighted by molar-refractivity contribution is 0.0960. The first-order chi connectivity index (χ1) is 6.72. The van der Waals surface area contributed by atoms with Gasteiger partial charge in [-0.15, -0.1) is 0 Å². The van der Waals surface area contributed by atoms with Crippen molar-refractivity contribution in [2.75, 3.05) is 6.61 Å². The van der Waals surface area contributed by atoms with Crippen LogP contribution in [0, 0.1) is 5.92 Å². The second kappa shape index (κ2) is 6.41. The molecule has 2 nitrogen and oxygen atoms in total. The Balaban J connectivity index is 2.10. The van der Waals surface area contributed by atoms with Crippen molar-refractivity contribution in [3.63, 3.8) is 0 Å². The van der Waals surface area contributed by atoms with Crippen LogP contribution in [0.25, 0.3) is 0 Å². The number of hydrogen-bond acceptors (Lipinski definition) is 2. The van der Waals surface area contributed by atoms with Gasteiger partial charge in [0.15, 0.2) is 0 Å². The van der Waals surface area contributed by atoms with E-state index in [1.165, 1.54) is 25.7 Å². The third-order valence-electron chi connectivity index (χ3n) is 3.08. The smallest absolute Gasteiger partial charge is 0.0590 e. The number of nitrogens with two attached hydrogens (primary N) is 1. The summed E-state index contributed by atoms with van der Waals surface area (Å²) < 4.78 is 5.59. The van der Waals surface area contributed by atoms with E-state index in [4.69, 9.17) is 10.5 Å². The molecule has 0 aliphatic carbocycles. The van der Waals surface area contributed by atoms with E-state index in [1.807, 2.05) is 0 Å². The van der Waals surface area contributed by atoms with Gasteiger partial charge in [0, 0.05) is 12.6 Å². The molecule has 84 valence electrons. The molecule has 0 bridgehead atoms. The fourth-order valence-electron chi connectivity index (χ4n) is 2.39. The molecule has 0 amide bonds. The highest BCUT2D eigenvalue weighted by atomic mass is 16.5. The van der Waals surface area contributed by atoms with Gasteiger partial charge < -0.3 is 10.5 Å². The summed E-state index contributed by atoms with van der Waals surface area (Å²) in [6.07, 6.45) is 7.70. The first-order valence-electron chi connectivity index (χ1n) is 6.09. The van der Waals surface area contributed by atoms with E-state index < -0.39 is 0 Å². The minimum absolute atomic E-state index is 0.347. The summed E-state index contributed by atoms with van der Waals surface area (Å²) in [6, 6.07) is 0.347. The van der Waals surface area contributed by atoms with Crippen LogP contribution in [0.2, 0.25) is 0 Å². The molecule has 1 saturated heterocycles. The lowest BCUT2D eigenvalue weighted by Gasteiger charge is -2.19. The molecule has 0 aromatic carbocycles. The fourth-order valence-corrected chi connectivity index (χ4v) is 2.39. The van der Waals surface area contributed by atoms with Gasteiger partial charge in [0.1, 0.15) is 0 Å². The van der Waals surface area contributed by atoms with Gasteiger partial charge in [-0.1, -0.05) is 26.7 Å². The van der Waals surface area contributed by atoms with E-state index in [-0.39, 0.29) is 0 Å². The van der Waals surface area contributed by atoms with Crippen molar-refractivity contribution in [2.24, 2.45) is 11.7 Å². The summed E-state index contributed by atoms with van der Waals surface area (Å²) in [5, 5.41) is 0. The second-order valence-electron chi connectivity index (χ2n) is 4.76. The van der Waals surface area contributed by atoms with Crippen LogP contribution in [0.15, 0.2) is 0 Å². The van der Waals surface area contributed by atoms with E-state index in [9.17, 15) is 0 Å². The normalized spacial score (nSPS) is 26.4. The van der Waals surface area contributed by atoms with Crippen molar-refractivity contribution in [3.8, 4) is 0 Å². The van der Waals surface area contributed by atoms with Gasteiger partial charge in [-0.2, -0.15) is 0 Å². The average molecular weight is 199 g/mol. The van der Waals surface area contributed by atoms with E-state index in [0.717, 1.165) is 25.4 Å². The highest BCUT2D eigenvalue weighted by Gasteiger charge is 2.19. The van der Waals surface area contributed by atoms with E-state index in [1.54, 1.807) is 0 Å². The molecule has 3 unspecified atom stereocenters. The maximum Gasteiger partial charge on any atom is 0.0590 e. The topological polar surface area (TPSA) is 35.2 Å². The Kier molecular flexibility index (Phi) is 5.49. The first-order valence-corrected chi connectivity index (χ1v) is 6.09. The predicted octanol–water partition coefficient (Wildman–Crippen LogP) is 2.71. The van der Waals surface area contributed by atoms with Gasteiger partial charge in [-0.3, -0.25) is 0 Å². The van der Waals surface area contributed by atoms with E-state index in [0.29, 0.717) is 12.1 Å². The van der Waals surface area contributed by atoms with Crippen molar-refractivity contribution in [1.82, 2.24) is 0 Å². The molecule has 2 heteroatoms. The summed E-state index contributed by atoms with van der Waals surface area (Å²) in [5.74, 6) is 0.774. The van der Waals surface area contributed by atoms with Gasteiger partial charge >= 0.3 is 0 Å². The molecule has 1 aliphatic rings. The standard InChI is InChI=1S/C12H25NO/c1-3-5-10(2)8-11(13)9-12-6-4-7-14-12/h10-12H,3-9,13H2,1-2H3. The molecule has 2 N–H and O–H groups in total. The minimum Gasteiger partial charge on any atom is -0.378 e. The zero-order valence-corrected chi connectivity index (χ0v) is 9.67. The molecule has 0 saturated carbocycles. The highest BCUT2D eigenvalue weighted by molar-refractivity contribution is 4.74. The number of rotatable bonds is 6. The summed E-state index contributed by atoms with van der Waals surface area (Å²) in [4.78, 5) is 0. The van der Waals surface area contributed by atoms with Crippen molar-refractivity contribution >= 4 is 0 Å². The lowest BCUT2D eigenvalue weighted by atomic mass is 9.94. The molecule has 14 heavy (non-hydrogen) atoms. The summed E-state index contributed by atoms with van der Waals surface area (Å²) in [6.45, 7) is 5.49. The molecule has 1 fully saturated rings. The van der Waals surface area contributed by atoms with Crippen LogP contribution in [-0.2, 0) is 4.74 Å². The highest BCUT2D eigenvalue weighted by Crippen LogP contribution is 2.20. The predicted molar refractivity (Wildman–Crippen MR) is 60.3 cm³/mol. The molecule has 0 aromatic heterocycles. The molecule has 0 aromatic rings. The quantitative estimate of drug-likeness (QED) is 0.714. The van der Waals surface area contributed by atoms with Crippen molar-refractivity contribution in [2.45, 2.75) is 64.5 Å². The average Bonchev–Trinajstić information content (AvgIpc) is 2.56. The molecule has 0 spiro atoms. The van der Waals surface area contributed by atoms with Gasteiger partial charge in [0.25, 0.3) is 0 Å². The summed E-state index contributed by atoms with van der Waals surface area (Å²) in [7, 11) is 0. The van der Waals surface area contributed by atoms with Crippen molar-refractivity contribution in [3.05, 3.63) is 0 Å². The van der Waals surface area contributed by atoms with Crippen LogP contribution < -0.4 is 5.73 Å². The van der Waals surface area contributed by atoms with Crippen LogP contribution in [0.4, 0.5) is 0 Å². The van der Waals surface area contributed by atoms with Crippen LogP contribution in [0.1, 0.15) is 52.4 Å². The Bertz CT molecular complexity index is 143. The lowest BCUT2D eigenvalue weighted by Crippen LogP contribution is -2.27. The zero-order valence-electron chi connectivity index (χ0n) is 9.67.